The first-order chi connectivity index (χ1) is 13.4. The number of hydrogen-bond acceptors (Lipinski definition) is 4. The number of nitrogens with zero attached hydrogens (tertiary/aromatic N) is 2. The highest BCUT2D eigenvalue weighted by atomic mass is 31.2. The Morgan fingerprint density at radius 2 is 1.75 bits per heavy atom. The third-order valence-electron chi connectivity index (χ3n) is 4.20. The molecule has 0 saturated heterocycles. The van der Waals surface area contributed by atoms with Gasteiger partial charge in [0.1, 0.15) is 6.54 Å². The van der Waals surface area contributed by atoms with Crippen molar-refractivity contribution in [2.75, 3.05) is 6.54 Å². The SMILES string of the molecule is O=C(O)CCCNC(=O)Cn1c(P(=O)(O)c2ccccc2)nc2ccccc21. The molecule has 2 aromatic carbocycles. The van der Waals surface area contributed by atoms with Gasteiger partial charge in [0.05, 0.1) is 11.0 Å². The summed E-state index contributed by atoms with van der Waals surface area (Å²) in [7, 11) is -4.01. The number of carbonyl (C=O) groups is 2. The fraction of sp³-hybridized carbons (Fsp3) is 0.211. The van der Waals surface area contributed by atoms with Crippen LogP contribution < -0.4 is 16.2 Å². The normalized spacial score (nSPS) is 13.2. The van der Waals surface area contributed by atoms with Crippen LogP contribution in [0.2, 0.25) is 0 Å². The van der Waals surface area contributed by atoms with Gasteiger partial charge in [-0.2, -0.15) is 0 Å². The molecule has 0 aliphatic rings. The molecule has 1 unspecified atom stereocenters. The smallest absolute Gasteiger partial charge is 0.303 e. The van der Waals surface area contributed by atoms with Gasteiger partial charge >= 0.3 is 5.97 Å². The summed E-state index contributed by atoms with van der Waals surface area (Å²) in [5, 5.41) is 11.5. The van der Waals surface area contributed by atoms with Crippen LogP contribution in [0.5, 0.6) is 0 Å². The van der Waals surface area contributed by atoms with E-state index in [2.05, 4.69) is 10.3 Å². The van der Waals surface area contributed by atoms with E-state index in [1.807, 2.05) is 0 Å². The topological polar surface area (TPSA) is 122 Å². The van der Waals surface area contributed by atoms with Crippen LogP contribution in [-0.2, 0) is 20.7 Å². The van der Waals surface area contributed by atoms with Gasteiger partial charge in [0, 0.05) is 18.3 Å². The van der Waals surface area contributed by atoms with Crippen LogP contribution in [0.1, 0.15) is 12.8 Å². The predicted octanol–water partition coefficient (Wildman–Crippen LogP) is 1.24. The number of para-hydroxylation sites is 2. The number of carboxylic acids is 1. The molecule has 146 valence electrons. The van der Waals surface area contributed by atoms with Gasteiger partial charge in [-0.1, -0.05) is 30.3 Å². The molecule has 3 aromatic rings. The van der Waals surface area contributed by atoms with Gasteiger partial charge < -0.3 is 19.9 Å². The molecule has 9 heteroatoms. The van der Waals surface area contributed by atoms with Crippen LogP contribution in [0.25, 0.3) is 11.0 Å². The molecule has 1 heterocycles. The third-order valence-corrected chi connectivity index (χ3v) is 6.08. The lowest BCUT2D eigenvalue weighted by molar-refractivity contribution is -0.137. The number of amides is 1. The highest BCUT2D eigenvalue weighted by Crippen LogP contribution is 2.38. The summed E-state index contributed by atoms with van der Waals surface area (Å²) in [5.74, 6) is -1.32. The number of carboxylic acid groups (broad SMARTS) is 1. The lowest BCUT2D eigenvalue weighted by Gasteiger charge is -2.14. The Labute approximate surface area is 161 Å². The van der Waals surface area contributed by atoms with Crippen molar-refractivity contribution < 1.29 is 24.2 Å². The molecule has 1 atom stereocenters. The number of benzene rings is 2. The molecular formula is C19H20N3O5P. The fourth-order valence-electron chi connectivity index (χ4n) is 2.86. The van der Waals surface area contributed by atoms with Gasteiger partial charge in [0.2, 0.25) is 11.5 Å². The summed E-state index contributed by atoms with van der Waals surface area (Å²) < 4.78 is 14.6. The predicted molar refractivity (Wildman–Crippen MR) is 105 cm³/mol. The van der Waals surface area contributed by atoms with Crippen LogP contribution in [0, 0.1) is 0 Å². The second-order valence-corrected chi connectivity index (χ2v) is 8.31. The molecule has 0 bridgehead atoms. The number of fused-ring (bicyclic) bond motifs is 1. The molecule has 1 amide bonds. The minimum Gasteiger partial charge on any atom is -0.481 e. The lowest BCUT2D eigenvalue weighted by Crippen LogP contribution is -2.33. The highest BCUT2D eigenvalue weighted by molar-refractivity contribution is 7.73. The van der Waals surface area contributed by atoms with E-state index in [0.29, 0.717) is 17.5 Å². The lowest BCUT2D eigenvalue weighted by atomic mass is 10.3. The quantitative estimate of drug-likeness (QED) is 0.386. The van der Waals surface area contributed by atoms with E-state index in [1.54, 1.807) is 54.6 Å². The van der Waals surface area contributed by atoms with Crippen LogP contribution in [0.4, 0.5) is 0 Å². The van der Waals surface area contributed by atoms with Gasteiger partial charge in [0.15, 0.2) is 0 Å². The summed E-state index contributed by atoms with van der Waals surface area (Å²) in [6, 6.07) is 15.2. The monoisotopic (exact) mass is 401 g/mol. The molecule has 0 radical (unpaired) electrons. The van der Waals surface area contributed by atoms with Crippen molar-refractivity contribution in [1.29, 1.82) is 0 Å². The molecule has 0 aliphatic heterocycles. The van der Waals surface area contributed by atoms with E-state index in [-0.39, 0.29) is 36.3 Å². The second kappa shape index (κ2) is 8.37. The van der Waals surface area contributed by atoms with E-state index >= 15 is 0 Å². The molecule has 0 saturated carbocycles. The minimum absolute atomic E-state index is 0.0423. The maximum absolute atomic E-state index is 13.2. The Morgan fingerprint density at radius 1 is 1.07 bits per heavy atom. The fourth-order valence-corrected chi connectivity index (χ4v) is 4.42. The summed E-state index contributed by atoms with van der Waals surface area (Å²) in [6.45, 7) is 0.0167. The van der Waals surface area contributed by atoms with Crippen LogP contribution in [0.3, 0.4) is 0 Å². The van der Waals surface area contributed by atoms with Crippen LogP contribution in [-0.4, -0.2) is 38.0 Å². The molecule has 8 nitrogen and oxygen atoms in total. The van der Waals surface area contributed by atoms with Crippen molar-refractivity contribution in [2.45, 2.75) is 19.4 Å². The first kappa shape index (κ1) is 19.8. The second-order valence-electron chi connectivity index (χ2n) is 6.25. The molecule has 0 aliphatic carbocycles. The number of hydrogen-bond donors (Lipinski definition) is 3. The number of rotatable bonds is 8. The van der Waals surface area contributed by atoms with Crippen LogP contribution >= 0.6 is 7.37 Å². The number of aromatic nitrogens is 2. The third kappa shape index (κ3) is 4.30. The van der Waals surface area contributed by atoms with Crippen molar-refractivity contribution in [1.82, 2.24) is 14.9 Å². The van der Waals surface area contributed by atoms with E-state index in [9.17, 15) is 19.0 Å². The van der Waals surface area contributed by atoms with Gasteiger partial charge in [-0.05, 0) is 30.7 Å². The van der Waals surface area contributed by atoms with E-state index < -0.39 is 13.3 Å². The molecule has 28 heavy (non-hydrogen) atoms. The average Bonchev–Trinajstić information content (AvgIpc) is 3.05. The van der Waals surface area contributed by atoms with Gasteiger partial charge in [0.25, 0.3) is 7.37 Å². The van der Waals surface area contributed by atoms with Crippen molar-refractivity contribution in [3.8, 4) is 0 Å². The van der Waals surface area contributed by atoms with Gasteiger partial charge in [-0.25, -0.2) is 4.98 Å². The van der Waals surface area contributed by atoms with Crippen molar-refractivity contribution in [2.24, 2.45) is 0 Å². The Hall–Kier alpha value is -2.96. The zero-order chi connectivity index (χ0) is 20.1. The van der Waals surface area contributed by atoms with Gasteiger partial charge in [-0.3, -0.25) is 14.2 Å². The minimum atomic E-state index is -4.01. The maximum atomic E-state index is 13.2. The van der Waals surface area contributed by atoms with Crippen molar-refractivity contribution in [3.63, 3.8) is 0 Å². The van der Waals surface area contributed by atoms with Crippen molar-refractivity contribution in [3.05, 3.63) is 54.6 Å². The largest absolute Gasteiger partial charge is 0.481 e. The molecule has 1 aromatic heterocycles. The Bertz CT molecular complexity index is 1050. The van der Waals surface area contributed by atoms with E-state index in [0.717, 1.165) is 0 Å². The standard InChI is InChI=1S/C19H20N3O5P/c23-17(20-12-6-11-18(24)25)13-22-16-10-5-4-9-15(16)21-19(22)28(26,27)14-7-2-1-3-8-14/h1-5,7-10H,6,11-13H2,(H,20,23)(H,24,25)(H,26,27). The van der Waals surface area contributed by atoms with Gasteiger partial charge in [-0.15, -0.1) is 0 Å². The van der Waals surface area contributed by atoms with E-state index in [1.165, 1.54) is 4.57 Å². The summed E-state index contributed by atoms with van der Waals surface area (Å²) in [5.41, 5.74) is 1.02. The number of nitrogens with one attached hydrogen (secondary N) is 1. The summed E-state index contributed by atoms with van der Waals surface area (Å²) >= 11 is 0. The van der Waals surface area contributed by atoms with Crippen molar-refractivity contribution >= 4 is 41.1 Å². The van der Waals surface area contributed by atoms with E-state index in [4.69, 9.17) is 5.11 Å². The Balaban J connectivity index is 1.91. The first-order valence-corrected chi connectivity index (χ1v) is 10.4. The zero-order valence-corrected chi connectivity index (χ0v) is 15.9. The molecular weight excluding hydrogens is 381 g/mol. The number of imidazole rings is 1. The Kier molecular flexibility index (Phi) is 5.92. The molecule has 0 spiro atoms. The highest BCUT2D eigenvalue weighted by Gasteiger charge is 2.31. The Morgan fingerprint density at radius 3 is 2.46 bits per heavy atom. The maximum Gasteiger partial charge on any atom is 0.303 e. The molecule has 3 N–H and O–H groups in total. The number of aliphatic carboxylic acids is 1. The number of carbonyl (C=O) groups excluding carboxylic acids is 1. The average molecular weight is 401 g/mol. The zero-order valence-electron chi connectivity index (χ0n) is 15.0. The molecule has 3 rings (SSSR count). The molecule has 0 fully saturated rings. The first-order valence-electron chi connectivity index (χ1n) is 8.72. The van der Waals surface area contributed by atoms with Crippen LogP contribution in [0.15, 0.2) is 54.6 Å². The summed E-state index contributed by atoms with van der Waals surface area (Å²) in [6.07, 6.45) is 0.264. The summed E-state index contributed by atoms with van der Waals surface area (Å²) in [4.78, 5) is 38.0.